The highest BCUT2D eigenvalue weighted by atomic mass is 35.5. The second-order valence-corrected chi connectivity index (χ2v) is 4.40. The van der Waals surface area contributed by atoms with Gasteiger partial charge in [-0.05, 0) is 12.1 Å². The molecule has 1 N–H and O–H groups in total. The van der Waals surface area contributed by atoms with Gasteiger partial charge in [0.15, 0.2) is 0 Å². The van der Waals surface area contributed by atoms with Gasteiger partial charge in [0.2, 0.25) is 0 Å². The molecule has 1 aromatic rings. The molecule has 0 saturated heterocycles. The lowest BCUT2D eigenvalue weighted by Gasteiger charge is -2.11. The first-order valence-corrected chi connectivity index (χ1v) is 5.54. The van der Waals surface area contributed by atoms with E-state index in [4.69, 9.17) is 33.0 Å². The van der Waals surface area contributed by atoms with E-state index in [1.807, 2.05) is 6.92 Å². The van der Waals surface area contributed by atoms with E-state index in [2.05, 4.69) is 0 Å². The van der Waals surface area contributed by atoms with Gasteiger partial charge in [0.05, 0.1) is 23.1 Å². The van der Waals surface area contributed by atoms with E-state index in [1.54, 1.807) is 18.2 Å². The van der Waals surface area contributed by atoms with Gasteiger partial charge in [-0.3, -0.25) is 4.79 Å². The third kappa shape index (κ3) is 4.29. The first-order chi connectivity index (χ1) is 7.49. The van der Waals surface area contributed by atoms with Crippen LogP contribution in [0.4, 0.5) is 0 Å². The number of hydrogen-bond donors (Lipinski definition) is 1. The molecule has 0 aromatic heterocycles. The normalized spacial score (nSPS) is 12.2. The van der Waals surface area contributed by atoms with Gasteiger partial charge in [0.1, 0.15) is 5.75 Å². The average Bonchev–Trinajstić information content (AvgIpc) is 2.19. The summed E-state index contributed by atoms with van der Waals surface area (Å²) in [4.78, 5) is 10.4. The first kappa shape index (κ1) is 13.1. The number of halogens is 2. The molecule has 0 fully saturated rings. The Morgan fingerprint density at radius 2 is 2.12 bits per heavy atom. The maximum absolute atomic E-state index is 10.4. The molecule has 5 heteroatoms. The van der Waals surface area contributed by atoms with Crippen molar-refractivity contribution in [1.82, 2.24) is 0 Å². The Hall–Kier alpha value is -0.930. The SMILES string of the molecule is CC(COc1ccc(Cl)c(Cl)c1)CC(=O)O. The second kappa shape index (κ2) is 5.97. The van der Waals surface area contributed by atoms with Gasteiger partial charge >= 0.3 is 5.97 Å². The van der Waals surface area contributed by atoms with E-state index in [1.165, 1.54) is 0 Å². The number of carbonyl (C=O) groups is 1. The predicted molar refractivity (Wildman–Crippen MR) is 63.4 cm³/mol. The number of carboxylic acid groups (broad SMARTS) is 1. The summed E-state index contributed by atoms with van der Waals surface area (Å²) in [6.07, 6.45) is 0.0846. The molecular formula is C11H12Cl2O3. The predicted octanol–water partition coefficient (Wildman–Crippen LogP) is 3.48. The number of carboxylic acids is 1. The molecule has 1 rings (SSSR count). The van der Waals surface area contributed by atoms with Gasteiger partial charge in [-0.2, -0.15) is 0 Å². The zero-order valence-corrected chi connectivity index (χ0v) is 10.3. The van der Waals surface area contributed by atoms with Crippen LogP contribution in [0.1, 0.15) is 13.3 Å². The molecule has 0 aliphatic rings. The molecular weight excluding hydrogens is 251 g/mol. The summed E-state index contributed by atoms with van der Waals surface area (Å²) in [7, 11) is 0. The summed E-state index contributed by atoms with van der Waals surface area (Å²) in [5.74, 6) is -0.288. The van der Waals surface area contributed by atoms with E-state index < -0.39 is 5.97 Å². The minimum atomic E-state index is -0.828. The minimum Gasteiger partial charge on any atom is -0.493 e. The van der Waals surface area contributed by atoms with Gasteiger partial charge in [0.25, 0.3) is 0 Å². The van der Waals surface area contributed by atoms with E-state index in [-0.39, 0.29) is 12.3 Å². The Balaban J connectivity index is 2.48. The fourth-order valence-corrected chi connectivity index (χ4v) is 1.45. The lowest BCUT2D eigenvalue weighted by molar-refractivity contribution is -0.138. The van der Waals surface area contributed by atoms with Crippen molar-refractivity contribution in [3.05, 3.63) is 28.2 Å². The Labute approximate surface area is 104 Å². The Morgan fingerprint density at radius 3 is 2.69 bits per heavy atom. The van der Waals surface area contributed by atoms with Crippen LogP contribution >= 0.6 is 23.2 Å². The van der Waals surface area contributed by atoms with Crippen LogP contribution in [0.3, 0.4) is 0 Å². The van der Waals surface area contributed by atoms with Crippen LogP contribution in [0.5, 0.6) is 5.75 Å². The molecule has 1 aromatic carbocycles. The molecule has 0 bridgehead atoms. The van der Waals surface area contributed by atoms with Crippen LogP contribution in [0.25, 0.3) is 0 Å². The molecule has 0 aliphatic heterocycles. The first-order valence-electron chi connectivity index (χ1n) is 4.78. The highest BCUT2D eigenvalue weighted by Gasteiger charge is 2.08. The third-order valence-corrected chi connectivity index (χ3v) is 2.69. The summed E-state index contributed by atoms with van der Waals surface area (Å²) in [6.45, 7) is 2.15. The molecule has 88 valence electrons. The van der Waals surface area contributed by atoms with Crippen molar-refractivity contribution in [3.63, 3.8) is 0 Å². The Morgan fingerprint density at radius 1 is 1.44 bits per heavy atom. The summed E-state index contributed by atoms with van der Waals surface area (Å²) < 4.78 is 5.40. The molecule has 0 spiro atoms. The smallest absolute Gasteiger partial charge is 0.303 e. The molecule has 16 heavy (non-hydrogen) atoms. The van der Waals surface area contributed by atoms with Crippen LogP contribution in [-0.4, -0.2) is 17.7 Å². The molecule has 3 nitrogen and oxygen atoms in total. The second-order valence-electron chi connectivity index (χ2n) is 3.59. The van der Waals surface area contributed by atoms with Crippen molar-refractivity contribution in [2.24, 2.45) is 5.92 Å². The molecule has 0 heterocycles. The van der Waals surface area contributed by atoms with Crippen LogP contribution in [-0.2, 0) is 4.79 Å². The average molecular weight is 263 g/mol. The highest BCUT2D eigenvalue weighted by molar-refractivity contribution is 6.42. The number of aliphatic carboxylic acids is 1. The van der Waals surface area contributed by atoms with Crippen molar-refractivity contribution in [2.45, 2.75) is 13.3 Å². The lowest BCUT2D eigenvalue weighted by atomic mass is 10.1. The van der Waals surface area contributed by atoms with Crippen LogP contribution in [0.15, 0.2) is 18.2 Å². The number of hydrogen-bond acceptors (Lipinski definition) is 2. The highest BCUT2D eigenvalue weighted by Crippen LogP contribution is 2.26. The topological polar surface area (TPSA) is 46.5 Å². The lowest BCUT2D eigenvalue weighted by Crippen LogP contribution is -2.12. The maximum Gasteiger partial charge on any atom is 0.303 e. The molecule has 1 atom stereocenters. The molecule has 0 aliphatic carbocycles. The monoisotopic (exact) mass is 262 g/mol. The quantitative estimate of drug-likeness (QED) is 0.884. The number of ether oxygens (including phenoxy) is 1. The van der Waals surface area contributed by atoms with Gasteiger partial charge < -0.3 is 9.84 Å². The van der Waals surface area contributed by atoms with E-state index >= 15 is 0 Å². The third-order valence-electron chi connectivity index (χ3n) is 1.95. The number of rotatable bonds is 5. The van der Waals surface area contributed by atoms with Gasteiger partial charge in [0, 0.05) is 12.0 Å². The Kier molecular flexibility index (Phi) is 4.90. The standard InChI is InChI=1S/C11H12Cl2O3/c1-7(4-11(14)15)6-16-8-2-3-9(12)10(13)5-8/h2-3,5,7H,4,6H2,1H3,(H,14,15). The van der Waals surface area contributed by atoms with E-state index in [9.17, 15) is 4.79 Å². The van der Waals surface area contributed by atoms with Crippen molar-refractivity contribution in [1.29, 1.82) is 0 Å². The van der Waals surface area contributed by atoms with Crippen LogP contribution in [0.2, 0.25) is 10.0 Å². The molecule has 0 saturated carbocycles. The largest absolute Gasteiger partial charge is 0.493 e. The fourth-order valence-electron chi connectivity index (χ4n) is 1.16. The van der Waals surface area contributed by atoms with Gasteiger partial charge in [-0.25, -0.2) is 0 Å². The van der Waals surface area contributed by atoms with Crippen molar-refractivity contribution >= 4 is 29.2 Å². The number of benzene rings is 1. The summed E-state index contributed by atoms with van der Waals surface area (Å²) in [5.41, 5.74) is 0. The molecule has 0 radical (unpaired) electrons. The van der Waals surface area contributed by atoms with Crippen LogP contribution in [0, 0.1) is 5.92 Å². The zero-order chi connectivity index (χ0) is 12.1. The van der Waals surface area contributed by atoms with Gasteiger partial charge in [-0.1, -0.05) is 30.1 Å². The summed E-state index contributed by atoms with van der Waals surface area (Å²) in [5, 5.41) is 9.45. The van der Waals surface area contributed by atoms with Gasteiger partial charge in [-0.15, -0.1) is 0 Å². The van der Waals surface area contributed by atoms with Crippen molar-refractivity contribution in [3.8, 4) is 5.75 Å². The molecule has 1 unspecified atom stereocenters. The fraction of sp³-hybridized carbons (Fsp3) is 0.364. The van der Waals surface area contributed by atoms with E-state index in [0.717, 1.165) is 0 Å². The maximum atomic E-state index is 10.4. The van der Waals surface area contributed by atoms with Crippen molar-refractivity contribution < 1.29 is 14.6 Å². The minimum absolute atomic E-state index is 0.0491. The van der Waals surface area contributed by atoms with E-state index in [0.29, 0.717) is 22.4 Å². The molecule has 0 amide bonds. The van der Waals surface area contributed by atoms with Crippen LogP contribution < -0.4 is 4.74 Å². The zero-order valence-electron chi connectivity index (χ0n) is 8.74. The Bertz CT molecular complexity index is 379. The van der Waals surface area contributed by atoms with Crippen molar-refractivity contribution in [2.75, 3.05) is 6.61 Å². The summed E-state index contributed by atoms with van der Waals surface area (Å²) >= 11 is 11.6. The summed E-state index contributed by atoms with van der Waals surface area (Å²) in [6, 6.07) is 4.94.